The van der Waals surface area contributed by atoms with Gasteiger partial charge >= 0.3 is 0 Å². The van der Waals surface area contributed by atoms with Crippen molar-refractivity contribution in [1.82, 2.24) is 15.1 Å². The Morgan fingerprint density at radius 2 is 1.86 bits per heavy atom. The molecule has 0 radical (unpaired) electrons. The van der Waals surface area contributed by atoms with Gasteiger partial charge in [0.25, 0.3) is 5.91 Å². The molecule has 4 nitrogen and oxygen atoms in total. The highest BCUT2D eigenvalue weighted by atomic mass is 35.5. The van der Waals surface area contributed by atoms with E-state index in [1.807, 2.05) is 11.7 Å². The molecule has 1 N–H and O–H groups in total. The average molecular weight is 340 g/mol. The van der Waals surface area contributed by atoms with Crippen molar-refractivity contribution in [2.75, 3.05) is 0 Å². The fourth-order valence-corrected chi connectivity index (χ4v) is 3.13. The molecule has 22 heavy (non-hydrogen) atoms. The van der Waals surface area contributed by atoms with Crippen LogP contribution in [0.1, 0.15) is 41.2 Å². The first-order chi connectivity index (χ1) is 10.5. The Morgan fingerprint density at radius 1 is 1.23 bits per heavy atom. The third-order valence-electron chi connectivity index (χ3n) is 3.64. The van der Waals surface area contributed by atoms with Crippen LogP contribution in [0.25, 0.3) is 0 Å². The first-order valence-electron chi connectivity index (χ1n) is 7.25. The highest BCUT2D eigenvalue weighted by molar-refractivity contribution is 6.39. The standard InChI is InChI=1S/C16H19Cl2N3O/c1-4-13-10(14(5-2)21(3)20-13)9-19-16(22)15-11(17)7-6-8-12(15)18/h6-8H,4-5,9H2,1-3H3,(H,19,22). The predicted octanol–water partition coefficient (Wildman–Crippen LogP) is 3.78. The number of rotatable bonds is 5. The second-order valence-electron chi connectivity index (χ2n) is 4.98. The molecular weight excluding hydrogens is 321 g/mol. The van der Waals surface area contributed by atoms with Crippen LogP contribution in [-0.2, 0) is 26.4 Å². The second-order valence-corrected chi connectivity index (χ2v) is 5.80. The van der Waals surface area contributed by atoms with Gasteiger partial charge in [-0.2, -0.15) is 5.10 Å². The summed E-state index contributed by atoms with van der Waals surface area (Å²) in [7, 11) is 1.92. The largest absolute Gasteiger partial charge is 0.348 e. The van der Waals surface area contributed by atoms with Gasteiger partial charge in [-0.1, -0.05) is 43.1 Å². The SMILES string of the molecule is CCc1nn(C)c(CC)c1CNC(=O)c1c(Cl)cccc1Cl. The zero-order chi connectivity index (χ0) is 16.3. The Balaban J connectivity index is 2.22. The van der Waals surface area contributed by atoms with Gasteiger partial charge in [0.15, 0.2) is 0 Å². The van der Waals surface area contributed by atoms with E-state index in [0.29, 0.717) is 22.2 Å². The molecule has 0 atom stereocenters. The molecule has 1 aromatic heterocycles. The molecule has 1 aromatic carbocycles. The molecule has 0 aliphatic carbocycles. The first-order valence-corrected chi connectivity index (χ1v) is 8.00. The summed E-state index contributed by atoms with van der Waals surface area (Å²) < 4.78 is 1.88. The van der Waals surface area contributed by atoms with E-state index in [-0.39, 0.29) is 5.91 Å². The molecule has 0 aliphatic rings. The number of aromatic nitrogens is 2. The summed E-state index contributed by atoms with van der Waals surface area (Å²) in [5, 5.41) is 8.10. The van der Waals surface area contributed by atoms with Crippen molar-refractivity contribution in [3.63, 3.8) is 0 Å². The molecule has 0 spiro atoms. The van der Waals surface area contributed by atoms with E-state index in [1.54, 1.807) is 18.2 Å². The van der Waals surface area contributed by atoms with Gasteiger partial charge in [-0.05, 0) is 25.0 Å². The van der Waals surface area contributed by atoms with Gasteiger partial charge in [0.05, 0.1) is 21.3 Å². The van der Waals surface area contributed by atoms with E-state index in [0.717, 1.165) is 29.8 Å². The smallest absolute Gasteiger partial charge is 0.254 e. The number of hydrogen-bond donors (Lipinski definition) is 1. The Hall–Kier alpha value is -1.52. The van der Waals surface area contributed by atoms with Crippen molar-refractivity contribution in [1.29, 1.82) is 0 Å². The van der Waals surface area contributed by atoms with Gasteiger partial charge in [0.1, 0.15) is 0 Å². The number of benzene rings is 1. The number of halogens is 2. The van der Waals surface area contributed by atoms with Crippen LogP contribution in [0, 0.1) is 0 Å². The maximum atomic E-state index is 12.4. The van der Waals surface area contributed by atoms with Crippen molar-refractivity contribution in [3.05, 3.63) is 50.8 Å². The Kier molecular flexibility index (Phi) is 5.48. The van der Waals surface area contributed by atoms with Crippen molar-refractivity contribution >= 4 is 29.1 Å². The number of carbonyl (C=O) groups is 1. The van der Waals surface area contributed by atoms with E-state index in [9.17, 15) is 4.79 Å². The van der Waals surface area contributed by atoms with Crippen LogP contribution in [0.5, 0.6) is 0 Å². The maximum absolute atomic E-state index is 12.4. The molecule has 0 fully saturated rings. The molecule has 1 amide bonds. The fraction of sp³-hybridized carbons (Fsp3) is 0.375. The minimum Gasteiger partial charge on any atom is -0.348 e. The van der Waals surface area contributed by atoms with Crippen LogP contribution in [0.3, 0.4) is 0 Å². The zero-order valence-corrected chi connectivity index (χ0v) is 14.4. The first kappa shape index (κ1) is 16.8. The highest BCUT2D eigenvalue weighted by Crippen LogP contribution is 2.24. The minimum absolute atomic E-state index is 0.274. The molecule has 2 rings (SSSR count). The van der Waals surface area contributed by atoms with E-state index < -0.39 is 0 Å². The lowest BCUT2D eigenvalue weighted by molar-refractivity contribution is 0.0951. The summed E-state index contributed by atoms with van der Waals surface area (Å²) in [4.78, 5) is 12.4. The van der Waals surface area contributed by atoms with Crippen molar-refractivity contribution in [3.8, 4) is 0 Å². The van der Waals surface area contributed by atoms with Crippen LogP contribution in [0.15, 0.2) is 18.2 Å². The van der Waals surface area contributed by atoms with Crippen LogP contribution in [0.4, 0.5) is 0 Å². The summed E-state index contributed by atoms with van der Waals surface area (Å²) in [6, 6.07) is 5.02. The third kappa shape index (κ3) is 3.28. The van der Waals surface area contributed by atoms with Crippen LogP contribution >= 0.6 is 23.2 Å². The molecule has 0 unspecified atom stereocenters. The van der Waals surface area contributed by atoms with Gasteiger partial charge in [0, 0.05) is 24.8 Å². The van der Waals surface area contributed by atoms with Crippen molar-refractivity contribution < 1.29 is 4.79 Å². The third-order valence-corrected chi connectivity index (χ3v) is 4.27. The zero-order valence-electron chi connectivity index (χ0n) is 12.9. The molecule has 6 heteroatoms. The van der Waals surface area contributed by atoms with Gasteiger partial charge in [-0.3, -0.25) is 9.48 Å². The normalized spacial score (nSPS) is 10.8. The maximum Gasteiger partial charge on any atom is 0.254 e. The summed E-state index contributed by atoms with van der Waals surface area (Å²) in [5.41, 5.74) is 3.52. The minimum atomic E-state index is -0.274. The number of aryl methyl sites for hydroxylation is 2. The van der Waals surface area contributed by atoms with Gasteiger partial charge in [0.2, 0.25) is 0 Å². The number of hydrogen-bond acceptors (Lipinski definition) is 2. The number of nitrogens with one attached hydrogen (secondary N) is 1. The molecule has 0 aliphatic heterocycles. The van der Waals surface area contributed by atoms with E-state index >= 15 is 0 Å². The molecule has 0 saturated carbocycles. The van der Waals surface area contributed by atoms with Gasteiger partial charge < -0.3 is 5.32 Å². The fourth-order valence-electron chi connectivity index (χ4n) is 2.57. The van der Waals surface area contributed by atoms with Crippen molar-refractivity contribution in [2.24, 2.45) is 7.05 Å². The quantitative estimate of drug-likeness (QED) is 0.900. The van der Waals surface area contributed by atoms with Crippen LogP contribution in [0.2, 0.25) is 10.0 Å². The summed E-state index contributed by atoms with van der Waals surface area (Å²) in [6.45, 7) is 4.55. The van der Waals surface area contributed by atoms with Crippen LogP contribution < -0.4 is 5.32 Å². The molecule has 118 valence electrons. The summed E-state index contributed by atoms with van der Waals surface area (Å²) >= 11 is 12.1. The van der Waals surface area contributed by atoms with Gasteiger partial charge in [-0.15, -0.1) is 0 Å². The molecule has 0 saturated heterocycles. The Labute approximate surface area is 140 Å². The topological polar surface area (TPSA) is 46.9 Å². The molecule has 1 heterocycles. The Bertz CT molecular complexity index is 675. The lowest BCUT2D eigenvalue weighted by Gasteiger charge is -2.10. The molecule has 0 bridgehead atoms. The average Bonchev–Trinajstić information content (AvgIpc) is 2.79. The van der Waals surface area contributed by atoms with Crippen LogP contribution in [-0.4, -0.2) is 15.7 Å². The van der Waals surface area contributed by atoms with E-state index in [2.05, 4.69) is 24.3 Å². The molecular formula is C16H19Cl2N3O. The second kappa shape index (κ2) is 7.16. The van der Waals surface area contributed by atoms with E-state index in [1.165, 1.54) is 0 Å². The summed E-state index contributed by atoms with van der Waals surface area (Å²) in [6.07, 6.45) is 1.69. The Morgan fingerprint density at radius 3 is 2.41 bits per heavy atom. The predicted molar refractivity (Wildman–Crippen MR) is 89.6 cm³/mol. The van der Waals surface area contributed by atoms with E-state index in [4.69, 9.17) is 23.2 Å². The molecule has 2 aromatic rings. The van der Waals surface area contributed by atoms with Crippen molar-refractivity contribution in [2.45, 2.75) is 33.2 Å². The lowest BCUT2D eigenvalue weighted by Crippen LogP contribution is -2.24. The highest BCUT2D eigenvalue weighted by Gasteiger charge is 2.17. The number of amides is 1. The lowest BCUT2D eigenvalue weighted by atomic mass is 10.1. The summed E-state index contributed by atoms with van der Waals surface area (Å²) in [5.74, 6) is -0.274. The number of carbonyl (C=O) groups excluding carboxylic acids is 1. The monoisotopic (exact) mass is 339 g/mol. The van der Waals surface area contributed by atoms with Gasteiger partial charge in [-0.25, -0.2) is 0 Å². The number of nitrogens with zero attached hydrogens (tertiary/aromatic N) is 2.